The van der Waals surface area contributed by atoms with Gasteiger partial charge >= 0.3 is 0 Å². The number of aryl methyl sites for hydroxylation is 1. The molecule has 21 heavy (non-hydrogen) atoms. The third-order valence-corrected chi connectivity index (χ3v) is 6.08. The Kier molecular flexibility index (Phi) is 3.47. The van der Waals surface area contributed by atoms with Gasteiger partial charge in [-0.3, -0.25) is 4.90 Å². The van der Waals surface area contributed by atoms with Crippen LogP contribution in [0.15, 0.2) is 17.8 Å². The minimum atomic E-state index is 0.577. The van der Waals surface area contributed by atoms with E-state index in [1.165, 1.54) is 12.8 Å². The van der Waals surface area contributed by atoms with Crippen molar-refractivity contribution in [1.29, 1.82) is 0 Å². The van der Waals surface area contributed by atoms with Gasteiger partial charge in [0, 0.05) is 24.0 Å². The normalized spacial score (nSPS) is 22.4. The lowest BCUT2D eigenvalue weighted by molar-refractivity contribution is 0.117. The fourth-order valence-corrected chi connectivity index (χ4v) is 4.57. The molecule has 0 bridgehead atoms. The molecule has 2 aromatic heterocycles. The third-order valence-electron chi connectivity index (χ3n) is 4.64. The van der Waals surface area contributed by atoms with Gasteiger partial charge in [0.2, 0.25) is 0 Å². The summed E-state index contributed by atoms with van der Waals surface area (Å²) in [6.45, 7) is 4.94. The van der Waals surface area contributed by atoms with Gasteiger partial charge in [-0.25, -0.2) is 4.68 Å². The van der Waals surface area contributed by atoms with Crippen molar-refractivity contribution in [2.75, 3.05) is 6.54 Å². The van der Waals surface area contributed by atoms with Crippen LogP contribution >= 0.6 is 23.6 Å². The number of thiophene rings is 1. The highest BCUT2D eigenvalue weighted by molar-refractivity contribution is 7.71. The number of nitrogens with zero attached hydrogens (tertiary/aromatic N) is 4. The molecule has 0 amide bonds. The topological polar surface area (TPSA) is 26.0 Å². The Morgan fingerprint density at radius 3 is 3.00 bits per heavy atom. The van der Waals surface area contributed by atoms with Gasteiger partial charge in [-0.05, 0) is 61.3 Å². The number of hydrogen-bond acceptors (Lipinski definition) is 4. The molecule has 0 unspecified atom stereocenters. The second kappa shape index (κ2) is 5.34. The fraction of sp³-hybridized carbons (Fsp3) is 0.600. The molecule has 1 saturated carbocycles. The first-order valence-electron chi connectivity index (χ1n) is 7.70. The van der Waals surface area contributed by atoms with Crippen LogP contribution in [0.5, 0.6) is 0 Å². The van der Waals surface area contributed by atoms with Crippen LogP contribution in [0.1, 0.15) is 36.2 Å². The first-order valence-corrected chi connectivity index (χ1v) is 8.99. The van der Waals surface area contributed by atoms with Gasteiger partial charge in [0.1, 0.15) is 6.33 Å². The predicted molar refractivity (Wildman–Crippen MR) is 86.9 cm³/mol. The van der Waals surface area contributed by atoms with E-state index in [9.17, 15) is 0 Å². The Hall–Kier alpha value is -0.980. The highest BCUT2D eigenvalue weighted by Crippen LogP contribution is 2.48. The second-order valence-electron chi connectivity index (χ2n) is 5.98. The highest BCUT2D eigenvalue weighted by atomic mass is 32.1. The Morgan fingerprint density at radius 1 is 1.43 bits per heavy atom. The number of rotatable bonds is 4. The van der Waals surface area contributed by atoms with Crippen LogP contribution < -0.4 is 0 Å². The van der Waals surface area contributed by atoms with E-state index in [0.29, 0.717) is 6.04 Å². The van der Waals surface area contributed by atoms with Crippen LogP contribution in [-0.4, -0.2) is 25.8 Å². The molecule has 0 N–H and O–H groups in total. The van der Waals surface area contributed by atoms with E-state index in [-0.39, 0.29) is 0 Å². The summed E-state index contributed by atoms with van der Waals surface area (Å²) in [5.74, 6) is 0.834. The molecule has 2 aromatic rings. The molecule has 0 radical (unpaired) electrons. The summed E-state index contributed by atoms with van der Waals surface area (Å²) in [4.78, 5) is 4.17. The van der Waals surface area contributed by atoms with Crippen molar-refractivity contribution in [2.45, 2.75) is 45.4 Å². The average Bonchev–Trinajstić information content (AvgIpc) is 3.11. The molecule has 0 spiro atoms. The van der Waals surface area contributed by atoms with Gasteiger partial charge in [0.15, 0.2) is 4.77 Å². The van der Waals surface area contributed by atoms with Crippen LogP contribution in [0.2, 0.25) is 0 Å². The van der Waals surface area contributed by atoms with Crippen molar-refractivity contribution in [3.8, 4) is 0 Å². The van der Waals surface area contributed by atoms with Crippen LogP contribution in [0.3, 0.4) is 0 Å². The molecule has 0 saturated heterocycles. The molecule has 1 aliphatic carbocycles. The molecule has 1 aliphatic heterocycles. The van der Waals surface area contributed by atoms with Gasteiger partial charge < -0.3 is 4.57 Å². The van der Waals surface area contributed by atoms with Crippen molar-refractivity contribution < 1.29 is 0 Å². The summed E-state index contributed by atoms with van der Waals surface area (Å²) in [5.41, 5.74) is 1.56. The maximum Gasteiger partial charge on any atom is 0.198 e. The minimum Gasteiger partial charge on any atom is -0.307 e. The van der Waals surface area contributed by atoms with Crippen molar-refractivity contribution in [3.05, 3.63) is 33.0 Å². The summed E-state index contributed by atoms with van der Waals surface area (Å²) >= 11 is 7.43. The SMILES string of the molecule is CCn1cnn(CN2CCc3sccc3[C@H]2C2CC2)c1=S. The van der Waals surface area contributed by atoms with E-state index in [0.717, 1.165) is 36.9 Å². The van der Waals surface area contributed by atoms with Gasteiger partial charge in [-0.1, -0.05) is 0 Å². The molecule has 1 atom stereocenters. The lowest BCUT2D eigenvalue weighted by atomic mass is 9.96. The molecular weight excluding hydrogens is 300 g/mol. The zero-order valence-corrected chi connectivity index (χ0v) is 13.9. The average molecular weight is 320 g/mol. The van der Waals surface area contributed by atoms with Crippen molar-refractivity contribution in [3.63, 3.8) is 0 Å². The molecule has 3 heterocycles. The highest BCUT2D eigenvalue weighted by Gasteiger charge is 2.40. The second-order valence-corrected chi connectivity index (χ2v) is 7.35. The van der Waals surface area contributed by atoms with Gasteiger partial charge in [-0.15, -0.1) is 11.3 Å². The molecule has 112 valence electrons. The lowest BCUT2D eigenvalue weighted by Gasteiger charge is -2.35. The summed E-state index contributed by atoms with van der Waals surface area (Å²) < 4.78 is 4.84. The number of hydrogen-bond donors (Lipinski definition) is 0. The molecule has 2 aliphatic rings. The summed E-state index contributed by atoms with van der Waals surface area (Å²) in [6.07, 6.45) is 5.75. The summed E-state index contributed by atoms with van der Waals surface area (Å²) in [5, 5.41) is 6.73. The molecular formula is C15H20N4S2. The van der Waals surface area contributed by atoms with Crippen LogP contribution in [-0.2, 0) is 19.6 Å². The standard InChI is InChI=1S/C15H20N4S2/c1-2-17-9-16-19(15(17)20)10-18-7-5-13-12(6-8-21-13)14(18)11-3-4-11/h6,8-9,11,14H,2-5,7,10H2,1H3/t14-/m1/s1. The van der Waals surface area contributed by atoms with E-state index < -0.39 is 0 Å². The molecule has 0 aromatic carbocycles. The van der Waals surface area contributed by atoms with Crippen molar-refractivity contribution in [1.82, 2.24) is 19.2 Å². The van der Waals surface area contributed by atoms with Crippen LogP contribution in [0.25, 0.3) is 0 Å². The maximum atomic E-state index is 5.51. The number of aromatic nitrogens is 3. The van der Waals surface area contributed by atoms with E-state index in [2.05, 4.69) is 28.4 Å². The van der Waals surface area contributed by atoms with E-state index >= 15 is 0 Å². The predicted octanol–water partition coefficient (Wildman–Crippen LogP) is 3.46. The van der Waals surface area contributed by atoms with Crippen molar-refractivity contribution >= 4 is 23.6 Å². The van der Waals surface area contributed by atoms with Gasteiger partial charge in [0.05, 0.1) is 6.67 Å². The Bertz CT molecular complexity index is 695. The third kappa shape index (κ3) is 2.39. The van der Waals surface area contributed by atoms with E-state index in [4.69, 9.17) is 12.2 Å². The van der Waals surface area contributed by atoms with Gasteiger partial charge in [-0.2, -0.15) is 5.10 Å². The van der Waals surface area contributed by atoms with Gasteiger partial charge in [0.25, 0.3) is 0 Å². The monoisotopic (exact) mass is 320 g/mol. The smallest absolute Gasteiger partial charge is 0.198 e. The first-order chi connectivity index (χ1) is 10.3. The van der Waals surface area contributed by atoms with Crippen molar-refractivity contribution in [2.24, 2.45) is 5.92 Å². The van der Waals surface area contributed by atoms with Crippen LogP contribution in [0.4, 0.5) is 0 Å². The fourth-order valence-electron chi connectivity index (χ4n) is 3.38. The number of fused-ring (bicyclic) bond motifs is 1. The molecule has 4 rings (SSSR count). The maximum absolute atomic E-state index is 5.51. The zero-order chi connectivity index (χ0) is 14.4. The Balaban J connectivity index is 1.62. The summed E-state index contributed by atoms with van der Waals surface area (Å²) in [6, 6.07) is 2.91. The summed E-state index contributed by atoms with van der Waals surface area (Å²) in [7, 11) is 0. The lowest BCUT2D eigenvalue weighted by Crippen LogP contribution is -2.37. The Labute approximate surface area is 134 Å². The van der Waals surface area contributed by atoms with Crippen LogP contribution in [0, 0.1) is 10.7 Å². The van der Waals surface area contributed by atoms with E-state index in [1.807, 2.05) is 26.9 Å². The zero-order valence-electron chi connectivity index (χ0n) is 12.2. The quantitative estimate of drug-likeness (QED) is 0.807. The molecule has 6 heteroatoms. The minimum absolute atomic E-state index is 0.577. The molecule has 4 nitrogen and oxygen atoms in total. The Morgan fingerprint density at radius 2 is 2.29 bits per heavy atom. The largest absolute Gasteiger partial charge is 0.307 e. The van der Waals surface area contributed by atoms with E-state index in [1.54, 1.807) is 10.4 Å². The molecule has 1 fully saturated rings. The first kappa shape index (κ1) is 13.7.